The quantitative estimate of drug-likeness (QED) is 0.373. The third kappa shape index (κ3) is 4.55. The van der Waals surface area contributed by atoms with Gasteiger partial charge in [-0.25, -0.2) is 0 Å². The Bertz CT molecular complexity index is 674. The fraction of sp³-hybridized carbons (Fsp3) is 0.750. The van der Waals surface area contributed by atoms with Crippen LogP contribution in [0.1, 0.15) is 33.1 Å². The average molecular weight is 390 g/mol. The normalized spacial score (nSPS) is 28.1. The largest absolute Gasteiger partial charge is 0.299 e. The molecule has 28 heavy (non-hydrogen) atoms. The Morgan fingerprint density at radius 2 is 1.64 bits per heavy atom. The van der Waals surface area contributed by atoms with E-state index in [1.807, 2.05) is 13.8 Å². The Morgan fingerprint density at radius 3 is 2.18 bits per heavy atom. The Hall–Kier alpha value is -1.93. The van der Waals surface area contributed by atoms with E-state index in [-0.39, 0.29) is 41.3 Å². The summed E-state index contributed by atoms with van der Waals surface area (Å²) in [7, 11) is 1.54. The van der Waals surface area contributed by atoms with Crippen LogP contribution in [0.2, 0.25) is 0 Å². The van der Waals surface area contributed by atoms with Crippen molar-refractivity contribution in [3.05, 3.63) is 0 Å². The van der Waals surface area contributed by atoms with Gasteiger partial charge in [0, 0.05) is 58.8 Å². The molecule has 3 fully saturated rings. The van der Waals surface area contributed by atoms with Crippen molar-refractivity contribution in [3.8, 4) is 0 Å². The minimum atomic E-state index is -0.673. The molecule has 0 unspecified atom stereocenters. The highest BCUT2D eigenvalue weighted by Gasteiger charge is 2.41. The molecule has 1 aliphatic carbocycles. The molecule has 3 aliphatic rings. The van der Waals surface area contributed by atoms with Gasteiger partial charge in [0.05, 0.1) is 19.0 Å². The van der Waals surface area contributed by atoms with Gasteiger partial charge in [0.15, 0.2) is 0 Å². The molecule has 8 heteroatoms. The van der Waals surface area contributed by atoms with Gasteiger partial charge < -0.3 is 0 Å². The Balaban J connectivity index is 1.41. The van der Waals surface area contributed by atoms with Crippen molar-refractivity contribution in [2.75, 3.05) is 46.3 Å². The maximum atomic E-state index is 12.2. The summed E-state index contributed by atoms with van der Waals surface area (Å²) in [6, 6.07) is -0.315. The van der Waals surface area contributed by atoms with Gasteiger partial charge in [-0.05, 0) is 5.41 Å². The van der Waals surface area contributed by atoms with Crippen LogP contribution in [0.15, 0.2) is 4.99 Å². The smallest absolute Gasteiger partial charge is 0.246 e. The molecule has 0 spiro atoms. The van der Waals surface area contributed by atoms with Crippen LogP contribution in [0.5, 0.6) is 0 Å². The molecule has 2 amide bonds. The molecule has 154 valence electrons. The Morgan fingerprint density at radius 1 is 1.04 bits per heavy atom. The maximum absolute atomic E-state index is 12.2. The third-order valence-corrected chi connectivity index (χ3v) is 6.00. The average Bonchev–Trinajstić information content (AvgIpc) is 2.87. The van der Waals surface area contributed by atoms with Crippen molar-refractivity contribution in [1.29, 1.82) is 0 Å². The molecule has 0 aromatic rings. The zero-order valence-corrected chi connectivity index (χ0v) is 17.0. The van der Waals surface area contributed by atoms with Gasteiger partial charge >= 0.3 is 0 Å². The molecule has 2 aliphatic heterocycles. The molecule has 1 atom stereocenters. The fourth-order valence-electron chi connectivity index (χ4n) is 4.27. The van der Waals surface area contributed by atoms with E-state index < -0.39 is 5.92 Å². The SMILES string of the molecule is CN1C(=O)C[C@@H](N2CCN(CCN=CC3C(=O)CC(C)(C)CC3=O)CC2)C1=O. The lowest BCUT2D eigenvalue weighted by molar-refractivity contribution is -0.139. The zero-order valence-electron chi connectivity index (χ0n) is 17.0. The van der Waals surface area contributed by atoms with Crippen LogP contribution >= 0.6 is 0 Å². The predicted octanol–water partition coefficient (Wildman–Crippen LogP) is 0.00650. The number of likely N-dealkylation sites (N-methyl/N-ethyl adjacent to an activating group) is 1. The second kappa shape index (κ2) is 8.21. The summed E-state index contributed by atoms with van der Waals surface area (Å²) in [5.41, 5.74) is -0.238. The topological polar surface area (TPSA) is 90.4 Å². The first-order chi connectivity index (χ1) is 13.2. The number of hydrogen-bond acceptors (Lipinski definition) is 7. The lowest BCUT2D eigenvalue weighted by atomic mass is 9.72. The van der Waals surface area contributed by atoms with Crippen molar-refractivity contribution in [2.45, 2.75) is 39.2 Å². The van der Waals surface area contributed by atoms with E-state index >= 15 is 0 Å². The van der Waals surface area contributed by atoms with E-state index in [9.17, 15) is 19.2 Å². The van der Waals surface area contributed by atoms with E-state index in [4.69, 9.17) is 0 Å². The number of rotatable bonds is 5. The highest BCUT2D eigenvalue weighted by molar-refractivity contribution is 6.16. The highest BCUT2D eigenvalue weighted by Crippen LogP contribution is 2.33. The van der Waals surface area contributed by atoms with Crippen molar-refractivity contribution < 1.29 is 19.2 Å². The first-order valence-corrected chi connectivity index (χ1v) is 10.0. The summed E-state index contributed by atoms with van der Waals surface area (Å²) in [5, 5.41) is 0. The predicted molar refractivity (Wildman–Crippen MR) is 104 cm³/mol. The molecule has 0 radical (unpaired) electrons. The number of aliphatic imine (C=N–C) groups is 1. The van der Waals surface area contributed by atoms with Crippen molar-refractivity contribution in [3.63, 3.8) is 0 Å². The van der Waals surface area contributed by atoms with Crippen molar-refractivity contribution >= 4 is 29.6 Å². The molecule has 2 heterocycles. The number of amides is 2. The van der Waals surface area contributed by atoms with Gasteiger partial charge in [-0.3, -0.25) is 38.9 Å². The summed E-state index contributed by atoms with van der Waals surface area (Å²) >= 11 is 0. The summed E-state index contributed by atoms with van der Waals surface area (Å²) in [6.45, 7) is 8.31. The van der Waals surface area contributed by atoms with Crippen molar-refractivity contribution in [2.24, 2.45) is 16.3 Å². The second-order valence-corrected chi connectivity index (χ2v) is 8.87. The minimum absolute atomic E-state index is 0.0284. The summed E-state index contributed by atoms with van der Waals surface area (Å²) in [6.07, 6.45) is 2.67. The molecular weight excluding hydrogens is 360 g/mol. The molecule has 8 nitrogen and oxygen atoms in total. The standard InChI is InChI=1S/C20H30N4O4/c1-20(2)11-16(25)14(17(26)12-20)13-21-4-5-23-6-8-24(9-7-23)15-10-18(27)22(3)19(15)28/h13-15H,4-12H2,1-3H3/t15-/m1/s1. The van der Waals surface area contributed by atoms with E-state index in [0.717, 1.165) is 32.7 Å². The number of carbonyl (C=O) groups excluding carboxylic acids is 4. The number of imide groups is 1. The fourth-order valence-corrected chi connectivity index (χ4v) is 4.27. The third-order valence-electron chi connectivity index (χ3n) is 6.00. The molecule has 3 rings (SSSR count). The monoisotopic (exact) mass is 390 g/mol. The number of piperazine rings is 1. The molecular formula is C20H30N4O4. The van der Waals surface area contributed by atoms with Crippen LogP contribution in [-0.2, 0) is 19.2 Å². The first-order valence-electron chi connectivity index (χ1n) is 10.0. The lowest BCUT2D eigenvalue weighted by Gasteiger charge is -2.36. The van der Waals surface area contributed by atoms with Crippen LogP contribution in [-0.4, -0.2) is 96.7 Å². The van der Waals surface area contributed by atoms with Crippen LogP contribution in [0, 0.1) is 11.3 Å². The number of likely N-dealkylation sites (tertiary alicyclic amines) is 1. The van der Waals surface area contributed by atoms with Gasteiger partial charge in [0.1, 0.15) is 17.5 Å². The van der Waals surface area contributed by atoms with Crippen molar-refractivity contribution in [1.82, 2.24) is 14.7 Å². The highest BCUT2D eigenvalue weighted by atomic mass is 16.2. The van der Waals surface area contributed by atoms with Gasteiger partial charge in [-0.1, -0.05) is 13.8 Å². The van der Waals surface area contributed by atoms with Gasteiger partial charge in [-0.2, -0.15) is 0 Å². The van der Waals surface area contributed by atoms with Crippen LogP contribution < -0.4 is 0 Å². The van der Waals surface area contributed by atoms with Crippen LogP contribution in [0.4, 0.5) is 0 Å². The molecule has 0 aromatic carbocycles. The number of nitrogens with zero attached hydrogens (tertiary/aromatic N) is 4. The molecule has 0 bridgehead atoms. The summed E-state index contributed by atoms with van der Waals surface area (Å²) in [4.78, 5) is 58.1. The lowest BCUT2D eigenvalue weighted by Crippen LogP contribution is -2.52. The van der Waals surface area contributed by atoms with E-state index in [0.29, 0.717) is 19.4 Å². The van der Waals surface area contributed by atoms with Gasteiger partial charge in [-0.15, -0.1) is 0 Å². The number of carbonyl (C=O) groups is 4. The molecule has 2 saturated heterocycles. The van der Waals surface area contributed by atoms with E-state index in [1.54, 1.807) is 7.05 Å². The van der Waals surface area contributed by atoms with E-state index in [2.05, 4.69) is 14.8 Å². The van der Waals surface area contributed by atoms with Crippen LogP contribution in [0.25, 0.3) is 0 Å². The summed E-state index contributed by atoms with van der Waals surface area (Å²) in [5.74, 6) is -0.943. The second-order valence-electron chi connectivity index (χ2n) is 8.87. The van der Waals surface area contributed by atoms with Gasteiger partial charge in [0.2, 0.25) is 11.8 Å². The number of hydrogen-bond donors (Lipinski definition) is 0. The Labute approximate surface area is 165 Å². The molecule has 1 saturated carbocycles. The molecule has 0 N–H and O–H groups in total. The Kier molecular flexibility index (Phi) is 6.09. The number of ketones is 2. The number of Topliss-reactive ketones (excluding diaryl/α,β-unsaturated/α-hetero) is 2. The minimum Gasteiger partial charge on any atom is -0.299 e. The van der Waals surface area contributed by atoms with Gasteiger partial charge in [0.25, 0.3) is 0 Å². The zero-order chi connectivity index (χ0) is 20.5. The summed E-state index contributed by atoms with van der Waals surface area (Å²) < 4.78 is 0. The maximum Gasteiger partial charge on any atom is 0.246 e. The van der Waals surface area contributed by atoms with Crippen LogP contribution in [0.3, 0.4) is 0 Å². The molecule has 0 aromatic heterocycles. The van der Waals surface area contributed by atoms with E-state index in [1.165, 1.54) is 11.1 Å². The first kappa shape index (κ1) is 20.8.